The van der Waals surface area contributed by atoms with Gasteiger partial charge in [-0.05, 0) is 18.2 Å². The third-order valence-corrected chi connectivity index (χ3v) is 3.76. The van der Waals surface area contributed by atoms with E-state index in [0.29, 0.717) is 24.6 Å². The largest absolute Gasteiger partial charge is 0.486 e. The molecule has 0 spiro atoms. The predicted octanol–water partition coefficient (Wildman–Crippen LogP) is 1.06. The van der Waals surface area contributed by atoms with Crippen molar-refractivity contribution in [3.8, 4) is 11.5 Å². The standard InChI is InChI=1S/C17H15N5O4/c23-16-6-5-13(20-21-16)17(24)19-11-7-18-22(8-11)9-12-10-25-14-3-1-2-4-15(14)26-12/h1-8,12H,9-10H2,(H,19,24)(H,21,23). The fourth-order valence-electron chi connectivity index (χ4n) is 2.56. The number of carbonyl (C=O) groups is 1. The lowest BCUT2D eigenvalue weighted by molar-refractivity contribution is 0.0759. The zero-order valence-corrected chi connectivity index (χ0v) is 13.6. The van der Waals surface area contributed by atoms with E-state index in [1.807, 2.05) is 24.3 Å². The van der Waals surface area contributed by atoms with Crippen LogP contribution in [-0.2, 0) is 6.54 Å². The lowest BCUT2D eigenvalue weighted by atomic mass is 10.2. The molecule has 0 aliphatic carbocycles. The Hall–Kier alpha value is -3.62. The van der Waals surface area contributed by atoms with Crippen LogP contribution in [0.4, 0.5) is 5.69 Å². The average Bonchev–Trinajstić information content (AvgIpc) is 3.09. The molecule has 1 aliphatic rings. The third kappa shape index (κ3) is 3.41. The second-order valence-electron chi connectivity index (χ2n) is 5.71. The Morgan fingerprint density at radius 3 is 2.92 bits per heavy atom. The van der Waals surface area contributed by atoms with Crippen molar-refractivity contribution in [1.82, 2.24) is 20.0 Å². The van der Waals surface area contributed by atoms with Gasteiger partial charge in [0, 0.05) is 12.3 Å². The van der Waals surface area contributed by atoms with Gasteiger partial charge < -0.3 is 14.8 Å². The maximum atomic E-state index is 12.1. The van der Waals surface area contributed by atoms with Gasteiger partial charge in [-0.3, -0.25) is 14.3 Å². The van der Waals surface area contributed by atoms with Crippen LogP contribution in [0.3, 0.4) is 0 Å². The molecule has 1 amide bonds. The average molecular weight is 353 g/mol. The summed E-state index contributed by atoms with van der Waals surface area (Å²) in [6.45, 7) is 0.890. The summed E-state index contributed by atoms with van der Waals surface area (Å²) in [5.41, 5.74) is 0.253. The SMILES string of the molecule is O=C(Nc1cnn(CC2COc3ccccc3O2)c1)c1ccc(=O)[nH]n1. The van der Waals surface area contributed by atoms with E-state index in [-0.39, 0.29) is 17.4 Å². The Morgan fingerprint density at radius 1 is 1.27 bits per heavy atom. The van der Waals surface area contributed by atoms with Gasteiger partial charge in [0.1, 0.15) is 12.3 Å². The minimum absolute atomic E-state index is 0.109. The van der Waals surface area contributed by atoms with E-state index in [4.69, 9.17) is 9.47 Å². The summed E-state index contributed by atoms with van der Waals surface area (Å²) in [5, 5.41) is 12.8. The summed E-state index contributed by atoms with van der Waals surface area (Å²) in [6, 6.07) is 10.1. The van der Waals surface area contributed by atoms with Crippen LogP contribution in [0.1, 0.15) is 10.5 Å². The third-order valence-electron chi connectivity index (χ3n) is 3.76. The zero-order chi connectivity index (χ0) is 17.9. The van der Waals surface area contributed by atoms with Crippen molar-refractivity contribution in [2.24, 2.45) is 0 Å². The number of anilines is 1. The molecule has 0 fully saturated rings. The summed E-state index contributed by atoms with van der Waals surface area (Å²) in [5.74, 6) is 0.992. The molecule has 4 rings (SSSR count). The second kappa shape index (κ2) is 6.71. The number of hydrogen-bond acceptors (Lipinski definition) is 6. The molecule has 9 heteroatoms. The molecule has 1 aliphatic heterocycles. The zero-order valence-electron chi connectivity index (χ0n) is 13.6. The van der Waals surface area contributed by atoms with Gasteiger partial charge in [0.15, 0.2) is 17.6 Å². The number of amides is 1. The van der Waals surface area contributed by atoms with Crippen LogP contribution in [0.15, 0.2) is 53.6 Å². The summed E-state index contributed by atoms with van der Waals surface area (Å²) < 4.78 is 13.2. The Labute approximate surface area is 147 Å². The minimum atomic E-state index is -0.438. The molecule has 26 heavy (non-hydrogen) atoms. The van der Waals surface area contributed by atoms with E-state index < -0.39 is 5.91 Å². The van der Waals surface area contributed by atoms with Crippen molar-refractivity contribution in [3.63, 3.8) is 0 Å². The molecular weight excluding hydrogens is 338 g/mol. The first-order valence-corrected chi connectivity index (χ1v) is 7.95. The summed E-state index contributed by atoms with van der Waals surface area (Å²) in [4.78, 5) is 23.1. The molecule has 2 aromatic heterocycles. The molecular formula is C17H15N5O4. The monoisotopic (exact) mass is 353 g/mol. The van der Waals surface area contributed by atoms with Crippen LogP contribution in [0.5, 0.6) is 11.5 Å². The van der Waals surface area contributed by atoms with E-state index in [1.54, 1.807) is 10.9 Å². The van der Waals surface area contributed by atoms with Crippen molar-refractivity contribution in [3.05, 3.63) is 64.8 Å². The molecule has 3 aromatic rings. The van der Waals surface area contributed by atoms with Crippen LogP contribution in [0.2, 0.25) is 0 Å². The van der Waals surface area contributed by atoms with Gasteiger partial charge in [0.2, 0.25) is 0 Å². The van der Waals surface area contributed by atoms with Crippen LogP contribution < -0.4 is 20.3 Å². The lowest BCUT2D eigenvalue weighted by Crippen LogP contribution is -2.33. The summed E-state index contributed by atoms with van der Waals surface area (Å²) in [6.07, 6.45) is 3.03. The maximum absolute atomic E-state index is 12.1. The Bertz CT molecular complexity index is 976. The number of aromatic amines is 1. The van der Waals surface area contributed by atoms with Crippen molar-refractivity contribution >= 4 is 11.6 Å². The highest BCUT2D eigenvalue weighted by atomic mass is 16.6. The maximum Gasteiger partial charge on any atom is 0.276 e. The van der Waals surface area contributed by atoms with E-state index in [2.05, 4.69) is 20.6 Å². The molecule has 3 heterocycles. The lowest BCUT2D eigenvalue weighted by Gasteiger charge is -2.26. The van der Waals surface area contributed by atoms with E-state index in [1.165, 1.54) is 18.3 Å². The Balaban J connectivity index is 1.38. The van der Waals surface area contributed by atoms with Gasteiger partial charge in [-0.25, -0.2) is 5.10 Å². The minimum Gasteiger partial charge on any atom is -0.486 e. The topological polar surface area (TPSA) is 111 Å². The fourth-order valence-corrected chi connectivity index (χ4v) is 2.56. The number of H-pyrrole nitrogens is 1. The number of fused-ring (bicyclic) bond motifs is 1. The van der Waals surface area contributed by atoms with Crippen molar-refractivity contribution in [1.29, 1.82) is 0 Å². The highest BCUT2D eigenvalue weighted by molar-refractivity contribution is 6.02. The Kier molecular flexibility index (Phi) is 4.10. The molecule has 132 valence electrons. The normalized spacial score (nSPS) is 15.5. The molecule has 0 saturated carbocycles. The summed E-state index contributed by atoms with van der Waals surface area (Å²) in [7, 11) is 0. The van der Waals surface area contributed by atoms with Gasteiger partial charge in [-0.2, -0.15) is 10.2 Å². The van der Waals surface area contributed by atoms with Gasteiger partial charge in [0.25, 0.3) is 11.5 Å². The molecule has 0 radical (unpaired) electrons. The number of rotatable bonds is 4. The number of carbonyl (C=O) groups excluding carboxylic acids is 1. The number of para-hydroxylation sites is 2. The van der Waals surface area contributed by atoms with Gasteiger partial charge in [0.05, 0.1) is 18.4 Å². The molecule has 0 saturated heterocycles. The number of benzene rings is 1. The van der Waals surface area contributed by atoms with Crippen LogP contribution >= 0.6 is 0 Å². The molecule has 1 unspecified atom stereocenters. The van der Waals surface area contributed by atoms with E-state index in [0.717, 1.165) is 5.75 Å². The number of nitrogens with zero attached hydrogens (tertiary/aromatic N) is 3. The van der Waals surface area contributed by atoms with Crippen LogP contribution in [0.25, 0.3) is 0 Å². The number of nitrogens with one attached hydrogen (secondary N) is 2. The molecule has 0 bridgehead atoms. The van der Waals surface area contributed by atoms with Crippen molar-refractivity contribution < 1.29 is 14.3 Å². The first kappa shape index (κ1) is 15.9. The van der Waals surface area contributed by atoms with Gasteiger partial charge in [-0.15, -0.1) is 0 Å². The molecule has 9 nitrogen and oxygen atoms in total. The number of aromatic nitrogens is 4. The van der Waals surface area contributed by atoms with E-state index >= 15 is 0 Å². The molecule has 1 atom stereocenters. The summed E-state index contributed by atoms with van der Waals surface area (Å²) >= 11 is 0. The predicted molar refractivity (Wildman–Crippen MR) is 91.4 cm³/mol. The van der Waals surface area contributed by atoms with Gasteiger partial charge >= 0.3 is 0 Å². The highest BCUT2D eigenvalue weighted by Crippen LogP contribution is 2.31. The highest BCUT2D eigenvalue weighted by Gasteiger charge is 2.21. The molecule has 1 aromatic carbocycles. The van der Waals surface area contributed by atoms with Crippen LogP contribution in [0, 0.1) is 0 Å². The van der Waals surface area contributed by atoms with Crippen molar-refractivity contribution in [2.45, 2.75) is 12.6 Å². The smallest absolute Gasteiger partial charge is 0.276 e. The van der Waals surface area contributed by atoms with Gasteiger partial charge in [-0.1, -0.05) is 12.1 Å². The number of ether oxygens (including phenoxy) is 2. The van der Waals surface area contributed by atoms with Crippen LogP contribution in [-0.4, -0.2) is 38.6 Å². The van der Waals surface area contributed by atoms with E-state index in [9.17, 15) is 9.59 Å². The fraction of sp³-hybridized carbons (Fsp3) is 0.176. The van der Waals surface area contributed by atoms with Crippen molar-refractivity contribution in [2.75, 3.05) is 11.9 Å². The Morgan fingerprint density at radius 2 is 2.12 bits per heavy atom. The second-order valence-corrected chi connectivity index (χ2v) is 5.71. The quantitative estimate of drug-likeness (QED) is 0.725. The molecule has 2 N–H and O–H groups in total. The first-order chi connectivity index (χ1) is 12.7. The number of hydrogen-bond donors (Lipinski definition) is 2. The first-order valence-electron chi connectivity index (χ1n) is 7.95.